The van der Waals surface area contributed by atoms with E-state index in [-0.39, 0.29) is 6.04 Å². The Kier molecular flexibility index (Phi) is 3.92. The lowest BCUT2D eigenvalue weighted by Crippen LogP contribution is -2.45. The molecule has 1 amide bonds. The Hall–Kier alpha value is -1.55. The van der Waals surface area contributed by atoms with Gasteiger partial charge in [0.2, 0.25) is 0 Å². The molecule has 0 bridgehead atoms. The summed E-state index contributed by atoms with van der Waals surface area (Å²) >= 11 is 0. The second-order valence-electron chi connectivity index (χ2n) is 5.80. The van der Waals surface area contributed by atoms with Gasteiger partial charge in [-0.05, 0) is 43.5 Å². The molecule has 2 aliphatic rings. The fourth-order valence-corrected chi connectivity index (χ4v) is 3.46. The molecule has 0 aromatic heterocycles. The van der Waals surface area contributed by atoms with E-state index in [1.54, 1.807) is 4.90 Å². The molecule has 0 spiro atoms. The van der Waals surface area contributed by atoms with Crippen LogP contribution in [0.2, 0.25) is 0 Å². The van der Waals surface area contributed by atoms with Crippen LogP contribution < -0.4 is 0 Å². The molecule has 4 nitrogen and oxygen atoms in total. The van der Waals surface area contributed by atoms with Crippen LogP contribution >= 0.6 is 0 Å². The van der Waals surface area contributed by atoms with E-state index in [4.69, 9.17) is 0 Å². The topological polar surface area (TPSA) is 43.8 Å². The summed E-state index contributed by atoms with van der Waals surface area (Å²) in [5.41, 5.74) is 2.51. The van der Waals surface area contributed by atoms with Crippen molar-refractivity contribution in [1.29, 1.82) is 0 Å². The van der Waals surface area contributed by atoms with Gasteiger partial charge in [-0.2, -0.15) is 0 Å². The molecule has 20 heavy (non-hydrogen) atoms. The number of nitrogens with zero attached hydrogens (tertiary/aromatic N) is 2. The first-order chi connectivity index (χ1) is 9.75. The number of carbonyl (C=O) groups is 1. The monoisotopic (exact) mass is 274 g/mol. The summed E-state index contributed by atoms with van der Waals surface area (Å²) in [6.45, 7) is 3.66. The van der Waals surface area contributed by atoms with Gasteiger partial charge in [0.15, 0.2) is 0 Å². The van der Waals surface area contributed by atoms with Gasteiger partial charge in [0.25, 0.3) is 0 Å². The van der Waals surface area contributed by atoms with Crippen molar-refractivity contribution in [1.82, 2.24) is 9.80 Å². The first-order valence-electron chi connectivity index (χ1n) is 7.55. The quantitative estimate of drug-likeness (QED) is 0.902. The van der Waals surface area contributed by atoms with Crippen molar-refractivity contribution < 1.29 is 9.90 Å². The van der Waals surface area contributed by atoms with Crippen LogP contribution in [0.5, 0.6) is 0 Å². The van der Waals surface area contributed by atoms with E-state index in [1.165, 1.54) is 30.4 Å². The summed E-state index contributed by atoms with van der Waals surface area (Å²) in [6.07, 6.45) is 3.82. The predicted molar refractivity (Wildman–Crippen MR) is 77.9 cm³/mol. The molecule has 1 saturated heterocycles. The fraction of sp³-hybridized carbons (Fsp3) is 0.562. The zero-order chi connectivity index (χ0) is 13.9. The van der Waals surface area contributed by atoms with E-state index < -0.39 is 6.09 Å². The molecule has 2 heterocycles. The number of benzene rings is 1. The van der Waals surface area contributed by atoms with Gasteiger partial charge >= 0.3 is 6.09 Å². The van der Waals surface area contributed by atoms with E-state index in [0.29, 0.717) is 6.54 Å². The van der Waals surface area contributed by atoms with Crippen LogP contribution in [0.25, 0.3) is 0 Å². The Bertz CT molecular complexity index is 483. The summed E-state index contributed by atoms with van der Waals surface area (Å²) < 4.78 is 0. The highest BCUT2D eigenvalue weighted by atomic mass is 16.4. The molecule has 4 heteroatoms. The minimum Gasteiger partial charge on any atom is -0.465 e. The Morgan fingerprint density at radius 2 is 1.90 bits per heavy atom. The van der Waals surface area contributed by atoms with E-state index in [0.717, 1.165) is 26.1 Å². The van der Waals surface area contributed by atoms with E-state index in [1.807, 2.05) is 12.1 Å². The molecule has 3 rings (SSSR count). The second kappa shape index (κ2) is 5.83. The summed E-state index contributed by atoms with van der Waals surface area (Å²) in [6, 6.07) is 8.30. The first kappa shape index (κ1) is 13.4. The van der Waals surface area contributed by atoms with E-state index in [9.17, 15) is 9.90 Å². The third kappa shape index (κ3) is 2.66. The molecule has 108 valence electrons. The van der Waals surface area contributed by atoms with Gasteiger partial charge in [0.1, 0.15) is 0 Å². The zero-order valence-electron chi connectivity index (χ0n) is 11.8. The van der Waals surface area contributed by atoms with Gasteiger partial charge in [0, 0.05) is 13.1 Å². The largest absolute Gasteiger partial charge is 0.465 e. The van der Waals surface area contributed by atoms with Crippen molar-refractivity contribution in [3.05, 3.63) is 35.4 Å². The second-order valence-corrected chi connectivity index (χ2v) is 5.80. The van der Waals surface area contributed by atoms with Crippen molar-refractivity contribution in [3.63, 3.8) is 0 Å². The molecule has 1 fully saturated rings. The summed E-state index contributed by atoms with van der Waals surface area (Å²) in [4.78, 5) is 15.6. The highest BCUT2D eigenvalue weighted by molar-refractivity contribution is 5.66. The van der Waals surface area contributed by atoms with Crippen LogP contribution in [0.1, 0.15) is 36.4 Å². The molecular weight excluding hydrogens is 252 g/mol. The number of hydrogen-bond acceptors (Lipinski definition) is 2. The Balaban J connectivity index is 1.84. The Morgan fingerprint density at radius 3 is 2.65 bits per heavy atom. The van der Waals surface area contributed by atoms with Gasteiger partial charge in [-0.25, -0.2) is 4.79 Å². The number of amides is 1. The molecule has 0 aliphatic carbocycles. The highest BCUT2D eigenvalue weighted by Gasteiger charge is 2.31. The maximum absolute atomic E-state index is 11.5. The number of fused-ring (bicyclic) bond motifs is 1. The number of carboxylic acid groups (broad SMARTS) is 1. The van der Waals surface area contributed by atoms with Crippen molar-refractivity contribution in [2.75, 3.05) is 26.2 Å². The minimum atomic E-state index is -0.790. The van der Waals surface area contributed by atoms with Crippen molar-refractivity contribution >= 4 is 6.09 Å². The van der Waals surface area contributed by atoms with Crippen LogP contribution in [0, 0.1) is 0 Å². The molecule has 1 N–H and O–H groups in total. The maximum atomic E-state index is 11.5. The summed E-state index contributed by atoms with van der Waals surface area (Å²) in [5, 5.41) is 9.47. The third-order valence-electron chi connectivity index (χ3n) is 4.54. The molecular formula is C16H22N2O2. The standard InChI is InChI=1S/C16H22N2O2/c19-16(20)18-11-8-13-6-2-3-7-14(13)15(18)12-17-9-4-1-5-10-17/h2-3,6-7,15H,1,4-5,8-12H2,(H,19,20). The summed E-state index contributed by atoms with van der Waals surface area (Å²) in [5.74, 6) is 0. The van der Waals surface area contributed by atoms with Crippen LogP contribution in [0.3, 0.4) is 0 Å². The third-order valence-corrected chi connectivity index (χ3v) is 4.54. The van der Waals surface area contributed by atoms with Crippen LogP contribution in [-0.4, -0.2) is 47.2 Å². The number of hydrogen-bond donors (Lipinski definition) is 1. The zero-order valence-corrected chi connectivity index (χ0v) is 11.8. The summed E-state index contributed by atoms with van der Waals surface area (Å²) in [7, 11) is 0. The van der Waals surface area contributed by atoms with Crippen LogP contribution in [0.4, 0.5) is 4.79 Å². The van der Waals surface area contributed by atoms with Gasteiger partial charge in [-0.3, -0.25) is 4.90 Å². The molecule has 1 atom stereocenters. The SMILES string of the molecule is O=C(O)N1CCc2ccccc2C1CN1CCCCC1. The van der Waals surface area contributed by atoms with Crippen LogP contribution in [0.15, 0.2) is 24.3 Å². The maximum Gasteiger partial charge on any atom is 0.407 e. The Labute approximate surface area is 120 Å². The average molecular weight is 274 g/mol. The lowest BCUT2D eigenvalue weighted by Gasteiger charge is -2.39. The molecule has 1 aromatic carbocycles. The fourth-order valence-electron chi connectivity index (χ4n) is 3.46. The molecule has 0 radical (unpaired) electrons. The van der Waals surface area contributed by atoms with E-state index >= 15 is 0 Å². The van der Waals surface area contributed by atoms with Gasteiger partial charge in [-0.15, -0.1) is 0 Å². The van der Waals surface area contributed by atoms with Gasteiger partial charge in [-0.1, -0.05) is 30.7 Å². The molecule has 1 unspecified atom stereocenters. The van der Waals surface area contributed by atoms with Crippen molar-refractivity contribution in [2.24, 2.45) is 0 Å². The van der Waals surface area contributed by atoms with Crippen molar-refractivity contribution in [3.8, 4) is 0 Å². The highest BCUT2D eigenvalue weighted by Crippen LogP contribution is 2.31. The lowest BCUT2D eigenvalue weighted by molar-refractivity contribution is 0.0958. The molecule has 0 saturated carbocycles. The van der Waals surface area contributed by atoms with Gasteiger partial charge in [0.05, 0.1) is 6.04 Å². The van der Waals surface area contributed by atoms with E-state index in [2.05, 4.69) is 17.0 Å². The predicted octanol–water partition coefficient (Wildman–Crippen LogP) is 2.75. The number of rotatable bonds is 2. The first-order valence-corrected chi connectivity index (χ1v) is 7.55. The normalized spacial score (nSPS) is 23.4. The average Bonchev–Trinajstić information content (AvgIpc) is 2.48. The minimum absolute atomic E-state index is 0.00412. The van der Waals surface area contributed by atoms with Crippen LogP contribution in [-0.2, 0) is 6.42 Å². The number of likely N-dealkylation sites (tertiary alicyclic amines) is 1. The van der Waals surface area contributed by atoms with Crippen molar-refractivity contribution in [2.45, 2.75) is 31.7 Å². The molecule has 2 aliphatic heterocycles. The Morgan fingerprint density at radius 1 is 1.15 bits per heavy atom. The molecule has 1 aromatic rings. The van der Waals surface area contributed by atoms with Gasteiger partial charge < -0.3 is 10.0 Å². The number of piperidine rings is 1. The smallest absolute Gasteiger partial charge is 0.407 e. The lowest BCUT2D eigenvalue weighted by atomic mass is 9.92.